The van der Waals surface area contributed by atoms with E-state index in [1.807, 2.05) is 0 Å². The van der Waals surface area contributed by atoms with E-state index in [0.717, 1.165) is 0 Å². The molecular formula is C11H15F2NO2S. The molecular weight excluding hydrogens is 248 g/mol. The number of hydrogen-bond donors (Lipinski definition) is 1. The van der Waals surface area contributed by atoms with Crippen molar-refractivity contribution >= 4 is 10.8 Å². The van der Waals surface area contributed by atoms with E-state index in [2.05, 4.69) is 10.1 Å². The van der Waals surface area contributed by atoms with E-state index in [1.165, 1.54) is 6.07 Å². The van der Waals surface area contributed by atoms with E-state index >= 15 is 0 Å². The normalized spacial score (nSPS) is 12.7. The summed E-state index contributed by atoms with van der Waals surface area (Å²) in [4.78, 5) is 0. The van der Waals surface area contributed by atoms with Crippen LogP contribution < -0.4 is 10.1 Å². The van der Waals surface area contributed by atoms with E-state index in [0.29, 0.717) is 24.4 Å². The van der Waals surface area contributed by atoms with Gasteiger partial charge in [0.2, 0.25) is 0 Å². The average Bonchev–Trinajstić information content (AvgIpc) is 2.25. The lowest BCUT2D eigenvalue weighted by atomic mass is 10.2. The van der Waals surface area contributed by atoms with E-state index in [9.17, 15) is 13.0 Å². The Balaban J connectivity index is 2.49. The lowest BCUT2D eigenvalue weighted by Crippen LogP contribution is -2.20. The molecule has 0 spiro atoms. The quantitative estimate of drug-likeness (QED) is 0.762. The summed E-state index contributed by atoms with van der Waals surface area (Å²) in [7, 11) is -0.852. The summed E-state index contributed by atoms with van der Waals surface area (Å²) in [6, 6.07) is 6.62. The fourth-order valence-electron chi connectivity index (χ4n) is 1.30. The third-order valence-corrected chi connectivity index (χ3v) is 2.85. The molecule has 1 atom stereocenters. The van der Waals surface area contributed by atoms with Gasteiger partial charge in [-0.3, -0.25) is 4.21 Å². The number of benzene rings is 1. The van der Waals surface area contributed by atoms with Crippen molar-refractivity contribution in [2.75, 3.05) is 18.6 Å². The largest absolute Gasteiger partial charge is 0.434 e. The zero-order valence-corrected chi connectivity index (χ0v) is 10.3. The van der Waals surface area contributed by atoms with Gasteiger partial charge in [0.1, 0.15) is 5.75 Å². The maximum Gasteiger partial charge on any atom is 0.387 e. The Kier molecular flexibility index (Phi) is 6.07. The maximum atomic E-state index is 12.1. The van der Waals surface area contributed by atoms with Crippen LogP contribution in [0.3, 0.4) is 0 Å². The van der Waals surface area contributed by atoms with Gasteiger partial charge in [0.25, 0.3) is 0 Å². The number of nitrogens with one attached hydrogen (secondary N) is 1. The van der Waals surface area contributed by atoms with Gasteiger partial charge < -0.3 is 10.1 Å². The number of ether oxygens (including phenoxy) is 1. The lowest BCUT2D eigenvalue weighted by Gasteiger charge is -2.10. The van der Waals surface area contributed by atoms with Crippen molar-refractivity contribution < 1.29 is 17.7 Å². The Bertz CT molecular complexity index is 374. The molecule has 96 valence electrons. The predicted octanol–water partition coefficient (Wildman–Crippen LogP) is 1.76. The van der Waals surface area contributed by atoms with Gasteiger partial charge in [-0.1, -0.05) is 18.2 Å². The number of halogens is 2. The fraction of sp³-hybridized carbons (Fsp3) is 0.455. The minimum absolute atomic E-state index is 0.174. The first-order valence-corrected chi connectivity index (χ1v) is 6.86. The van der Waals surface area contributed by atoms with Crippen LogP contribution in [0.1, 0.15) is 5.56 Å². The summed E-state index contributed by atoms with van der Waals surface area (Å²) in [5, 5.41) is 3.03. The highest BCUT2D eigenvalue weighted by molar-refractivity contribution is 7.84. The van der Waals surface area contributed by atoms with Gasteiger partial charge in [-0.05, 0) is 6.07 Å². The monoisotopic (exact) mass is 263 g/mol. The van der Waals surface area contributed by atoms with Crippen molar-refractivity contribution in [3.8, 4) is 5.75 Å². The zero-order valence-electron chi connectivity index (χ0n) is 9.49. The summed E-state index contributed by atoms with van der Waals surface area (Å²) >= 11 is 0. The standard InChI is InChI=1S/C11H15F2NO2S/c1-17(15)7-6-14-8-9-4-2-3-5-10(9)16-11(12)13/h2-5,11,14H,6-8H2,1H3. The number of rotatable bonds is 7. The molecule has 0 saturated carbocycles. The van der Waals surface area contributed by atoms with Crippen LogP contribution >= 0.6 is 0 Å². The maximum absolute atomic E-state index is 12.1. The van der Waals surface area contributed by atoms with E-state index in [-0.39, 0.29) is 5.75 Å². The molecule has 17 heavy (non-hydrogen) atoms. The third-order valence-electron chi connectivity index (χ3n) is 2.07. The van der Waals surface area contributed by atoms with E-state index in [4.69, 9.17) is 0 Å². The molecule has 3 nitrogen and oxygen atoms in total. The average molecular weight is 263 g/mol. The van der Waals surface area contributed by atoms with Crippen LogP contribution in [0.15, 0.2) is 24.3 Å². The molecule has 1 rings (SSSR count). The molecule has 0 aliphatic carbocycles. The molecule has 0 saturated heterocycles. The zero-order chi connectivity index (χ0) is 12.7. The van der Waals surface area contributed by atoms with Crippen LogP contribution in [0, 0.1) is 0 Å². The molecule has 0 aliphatic heterocycles. The second-order valence-corrected chi connectivity index (χ2v) is 4.99. The highest BCUT2D eigenvalue weighted by Crippen LogP contribution is 2.19. The minimum Gasteiger partial charge on any atom is -0.434 e. The number of para-hydroxylation sites is 1. The molecule has 0 aliphatic rings. The van der Waals surface area contributed by atoms with E-state index < -0.39 is 17.4 Å². The Morgan fingerprint density at radius 2 is 2.12 bits per heavy atom. The van der Waals surface area contributed by atoms with Gasteiger partial charge in [-0.2, -0.15) is 8.78 Å². The van der Waals surface area contributed by atoms with Gasteiger partial charge >= 0.3 is 6.61 Å². The molecule has 1 N–H and O–H groups in total. The molecule has 0 bridgehead atoms. The topological polar surface area (TPSA) is 38.3 Å². The predicted molar refractivity (Wildman–Crippen MR) is 63.7 cm³/mol. The smallest absolute Gasteiger partial charge is 0.387 e. The van der Waals surface area contributed by atoms with Gasteiger partial charge in [-0.15, -0.1) is 0 Å². The number of hydrogen-bond acceptors (Lipinski definition) is 3. The second-order valence-electron chi connectivity index (χ2n) is 3.44. The SMILES string of the molecule is CS(=O)CCNCc1ccccc1OC(F)F. The molecule has 1 aromatic rings. The van der Waals surface area contributed by atoms with Crippen LogP contribution in [0.2, 0.25) is 0 Å². The first-order valence-electron chi connectivity index (χ1n) is 5.13. The molecule has 0 heterocycles. The molecule has 0 aromatic heterocycles. The van der Waals surface area contributed by atoms with Crippen molar-refractivity contribution in [1.29, 1.82) is 0 Å². The molecule has 1 aromatic carbocycles. The van der Waals surface area contributed by atoms with Crippen molar-refractivity contribution in [2.24, 2.45) is 0 Å². The fourth-order valence-corrected chi connectivity index (χ4v) is 1.73. The summed E-state index contributed by atoms with van der Waals surface area (Å²) in [6.07, 6.45) is 1.62. The van der Waals surface area contributed by atoms with Crippen LogP contribution in [0.5, 0.6) is 5.75 Å². The highest BCUT2D eigenvalue weighted by atomic mass is 32.2. The summed E-state index contributed by atoms with van der Waals surface area (Å²) in [5.41, 5.74) is 0.662. The highest BCUT2D eigenvalue weighted by Gasteiger charge is 2.08. The molecule has 0 amide bonds. The van der Waals surface area contributed by atoms with Gasteiger partial charge in [0, 0.05) is 41.5 Å². The Morgan fingerprint density at radius 1 is 1.41 bits per heavy atom. The lowest BCUT2D eigenvalue weighted by molar-refractivity contribution is -0.0504. The summed E-state index contributed by atoms with van der Waals surface area (Å²) < 4.78 is 39.4. The minimum atomic E-state index is -2.82. The van der Waals surface area contributed by atoms with Gasteiger partial charge in [-0.25, -0.2) is 0 Å². The van der Waals surface area contributed by atoms with Crippen molar-refractivity contribution in [1.82, 2.24) is 5.32 Å². The first-order chi connectivity index (χ1) is 8.09. The third kappa shape index (κ3) is 5.74. The number of alkyl halides is 2. The Morgan fingerprint density at radius 3 is 2.76 bits per heavy atom. The molecule has 0 fully saturated rings. The van der Waals surface area contributed by atoms with Crippen molar-refractivity contribution in [3.63, 3.8) is 0 Å². The van der Waals surface area contributed by atoms with Crippen LogP contribution in [-0.4, -0.2) is 29.4 Å². The van der Waals surface area contributed by atoms with Crippen LogP contribution in [0.4, 0.5) is 8.78 Å². The molecule has 0 radical (unpaired) electrons. The van der Waals surface area contributed by atoms with Crippen molar-refractivity contribution in [2.45, 2.75) is 13.2 Å². The molecule has 6 heteroatoms. The second kappa shape index (κ2) is 7.34. The summed E-state index contributed by atoms with van der Waals surface area (Å²) in [5.74, 6) is 0.713. The van der Waals surface area contributed by atoms with Crippen LogP contribution in [-0.2, 0) is 17.3 Å². The van der Waals surface area contributed by atoms with Gasteiger partial charge in [0.15, 0.2) is 0 Å². The first kappa shape index (κ1) is 14.1. The summed E-state index contributed by atoms with van der Waals surface area (Å²) in [6.45, 7) is -1.83. The van der Waals surface area contributed by atoms with E-state index in [1.54, 1.807) is 24.5 Å². The molecule has 1 unspecified atom stereocenters. The Hall–Kier alpha value is -1.01. The van der Waals surface area contributed by atoms with Gasteiger partial charge in [0.05, 0.1) is 0 Å². The Labute approximate surface area is 102 Å². The van der Waals surface area contributed by atoms with Crippen LogP contribution in [0.25, 0.3) is 0 Å². The van der Waals surface area contributed by atoms with Crippen molar-refractivity contribution in [3.05, 3.63) is 29.8 Å².